The normalized spacial score (nSPS) is 40.1. The highest BCUT2D eigenvalue weighted by Crippen LogP contribution is 2.45. The van der Waals surface area contributed by atoms with Crippen LogP contribution in [0.4, 0.5) is 0 Å². The molecule has 1 aromatic carbocycles. The Morgan fingerprint density at radius 1 is 1.15 bits per heavy atom. The maximum atomic E-state index is 12.8. The molecule has 5 rings (SSSR count). The monoisotopic (exact) mass is 295 g/mol. The third-order valence-corrected chi connectivity index (χ3v) is 6.68. The Hall–Kier alpha value is -0.950. The van der Waals surface area contributed by atoms with Crippen LogP contribution in [-0.2, 0) is 14.8 Å². The lowest BCUT2D eigenvalue weighted by molar-refractivity contribution is -0.215. The molecule has 4 fully saturated rings. The van der Waals surface area contributed by atoms with Crippen molar-refractivity contribution in [3.63, 3.8) is 0 Å². The summed E-state index contributed by atoms with van der Waals surface area (Å²) in [5.41, 5.74) is 0. The summed E-state index contributed by atoms with van der Waals surface area (Å²) in [6.45, 7) is 0. The first-order valence-corrected chi connectivity index (χ1v) is 8.43. The van der Waals surface area contributed by atoms with Gasteiger partial charge in [0.25, 0.3) is 0 Å². The van der Waals surface area contributed by atoms with Crippen LogP contribution in [0.1, 0.15) is 19.3 Å². The second kappa shape index (κ2) is 4.27. The van der Waals surface area contributed by atoms with Crippen molar-refractivity contribution >= 4 is 10.0 Å². The number of hydrogen-bond acceptors (Lipinski definition) is 4. The molecule has 0 radical (unpaired) electrons. The molecule has 0 saturated carbocycles. The average Bonchev–Trinajstić information content (AvgIpc) is 2.44. The molecule has 4 aliphatic rings. The topological polar surface area (TPSA) is 66.8 Å². The van der Waals surface area contributed by atoms with E-state index in [-0.39, 0.29) is 24.3 Å². The summed E-state index contributed by atoms with van der Waals surface area (Å²) in [5.74, 6) is 0. The van der Waals surface area contributed by atoms with Crippen LogP contribution in [0.15, 0.2) is 35.2 Å². The fourth-order valence-electron chi connectivity index (χ4n) is 3.88. The van der Waals surface area contributed by atoms with E-state index in [1.54, 1.807) is 34.6 Å². The Labute approximate surface area is 118 Å². The van der Waals surface area contributed by atoms with Crippen molar-refractivity contribution in [2.24, 2.45) is 0 Å². The van der Waals surface area contributed by atoms with Crippen LogP contribution in [-0.4, -0.2) is 48.2 Å². The van der Waals surface area contributed by atoms with E-state index in [0.717, 1.165) is 6.42 Å². The summed E-state index contributed by atoms with van der Waals surface area (Å²) in [6.07, 6.45) is 1.14. The number of nitrogens with zero attached hydrogens (tertiary/aromatic N) is 1. The van der Waals surface area contributed by atoms with E-state index in [4.69, 9.17) is 4.74 Å². The standard InChI is InChI=1S/C14H17NO4S/c16-14-12-8-10-6-9(7-13(14)19-10)15(12)20(17,18)11-4-2-1-3-5-11/h1-5,9-10,12-14,16H,6-8H2. The van der Waals surface area contributed by atoms with Crippen molar-refractivity contribution in [1.29, 1.82) is 0 Å². The third kappa shape index (κ3) is 1.69. The van der Waals surface area contributed by atoms with E-state index in [9.17, 15) is 13.5 Å². The van der Waals surface area contributed by atoms with Crippen molar-refractivity contribution in [2.75, 3.05) is 0 Å². The van der Waals surface area contributed by atoms with Gasteiger partial charge in [-0.25, -0.2) is 8.42 Å². The minimum absolute atomic E-state index is 0.0360. The quantitative estimate of drug-likeness (QED) is 0.874. The molecule has 108 valence electrons. The largest absolute Gasteiger partial charge is 0.389 e. The molecule has 0 spiro atoms. The summed E-state index contributed by atoms with van der Waals surface area (Å²) in [5, 5.41) is 10.3. The van der Waals surface area contributed by atoms with Crippen LogP contribution in [0.3, 0.4) is 0 Å². The second-order valence-electron chi connectivity index (χ2n) is 5.86. The van der Waals surface area contributed by atoms with Gasteiger partial charge in [-0.1, -0.05) is 18.2 Å². The summed E-state index contributed by atoms with van der Waals surface area (Å²) in [6, 6.07) is 8.11. The summed E-state index contributed by atoms with van der Waals surface area (Å²) >= 11 is 0. The number of hydrogen-bond donors (Lipinski definition) is 1. The number of sulfonamides is 1. The maximum Gasteiger partial charge on any atom is 0.243 e. The van der Waals surface area contributed by atoms with Crippen LogP contribution in [0.25, 0.3) is 0 Å². The zero-order valence-corrected chi connectivity index (χ0v) is 11.7. The smallest absolute Gasteiger partial charge is 0.243 e. The van der Waals surface area contributed by atoms with E-state index < -0.39 is 16.1 Å². The van der Waals surface area contributed by atoms with Gasteiger partial charge < -0.3 is 9.84 Å². The number of aliphatic hydroxyl groups is 1. The molecule has 0 amide bonds. The van der Waals surface area contributed by atoms with Crippen molar-refractivity contribution in [2.45, 2.75) is 54.6 Å². The zero-order valence-electron chi connectivity index (χ0n) is 10.9. The molecule has 1 N–H and O–H groups in total. The Bertz CT molecular complexity index is 617. The number of piperidine rings is 2. The minimum Gasteiger partial charge on any atom is -0.389 e. The van der Waals surface area contributed by atoms with Gasteiger partial charge in [-0.2, -0.15) is 4.31 Å². The first-order chi connectivity index (χ1) is 9.57. The lowest BCUT2D eigenvalue weighted by Gasteiger charge is -2.57. The first kappa shape index (κ1) is 12.8. The predicted molar refractivity (Wildman–Crippen MR) is 71.6 cm³/mol. The van der Waals surface area contributed by atoms with E-state index in [1.807, 2.05) is 0 Å². The summed E-state index contributed by atoms with van der Waals surface area (Å²) in [7, 11) is -3.54. The highest BCUT2D eigenvalue weighted by molar-refractivity contribution is 7.89. The van der Waals surface area contributed by atoms with E-state index in [0.29, 0.717) is 17.7 Å². The summed E-state index contributed by atoms with van der Waals surface area (Å²) < 4.78 is 33.0. The third-order valence-electron chi connectivity index (χ3n) is 4.69. The van der Waals surface area contributed by atoms with Crippen LogP contribution in [0.2, 0.25) is 0 Å². The lowest BCUT2D eigenvalue weighted by atomic mass is 9.78. The van der Waals surface area contributed by atoms with Crippen LogP contribution < -0.4 is 0 Å². The van der Waals surface area contributed by atoms with Crippen molar-refractivity contribution < 1.29 is 18.3 Å². The predicted octanol–water partition coefficient (Wildman–Crippen LogP) is 0.740. The molecule has 6 heteroatoms. The van der Waals surface area contributed by atoms with Gasteiger partial charge in [0.05, 0.1) is 29.2 Å². The van der Waals surface area contributed by atoms with Crippen LogP contribution >= 0.6 is 0 Å². The lowest BCUT2D eigenvalue weighted by Crippen LogP contribution is -2.69. The molecule has 4 aliphatic heterocycles. The average molecular weight is 295 g/mol. The SMILES string of the molecule is O=S(=O)(c1ccccc1)N1C2CC3CC1C(O)C(C2)O3. The molecule has 20 heavy (non-hydrogen) atoms. The zero-order chi connectivity index (χ0) is 13.9. The van der Waals surface area contributed by atoms with Gasteiger partial charge in [0.2, 0.25) is 10.0 Å². The molecule has 0 aliphatic carbocycles. The van der Waals surface area contributed by atoms with Gasteiger partial charge in [0.15, 0.2) is 0 Å². The van der Waals surface area contributed by atoms with Gasteiger partial charge in [-0.3, -0.25) is 0 Å². The number of ether oxygens (including phenoxy) is 1. The molecule has 4 heterocycles. The Kier molecular flexibility index (Phi) is 2.73. The van der Waals surface area contributed by atoms with Gasteiger partial charge >= 0.3 is 0 Å². The van der Waals surface area contributed by atoms with Gasteiger partial charge in [0.1, 0.15) is 0 Å². The minimum atomic E-state index is -3.54. The fourth-order valence-corrected chi connectivity index (χ4v) is 5.75. The van der Waals surface area contributed by atoms with Crippen molar-refractivity contribution in [3.05, 3.63) is 30.3 Å². The van der Waals surface area contributed by atoms with E-state index in [2.05, 4.69) is 0 Å². The molecule has 1 aromatic rings. The maximum absolute atomic E-state index is 12.8. The molecular formula is C14H17NO4S. The van der Waals surface area contributed by atoms with Gasteiger partial charge in [0, 0.05) is 6.04 Å². The molecular weight excluding hydrogens is 278 g/mol. The molecule has 5 atom stereocenters. The Balaban J connectivity index is 1.75. The van der Waals surface area contributed by atoms with Gasteiger partial charge in [-0.15, -0.1) is 0 Å². The van der Waals surface area contributed by atoms with Crippen molar-refractivity contribution in [3.8, 4) is 0 Å². The Morgan fingerprint density at radius 3 is 2.65 bits per heavy atom. The first-order valence-electron chi connectivity index (χ1n) is 6.99. The Morgan fingerprint density at radius 2 is 1.90 bits per heavy atom. The van der Waals surface area contributed by atoms with Crippen LogP contribution in [0.5, 0.6) is 0 Å². The molecule has 0 aromatic heterocycles. The number of benzene rings is 1. The van der Waals surface area contributed by atoms with Gasteiger partial charge in [-0.05, 0) is 31.4 Å². The molecule has 5 nitrogen and oxygen atoms in total. The molecule has 4 saturated heterocycles. The fraction of sp³-hybridized carbons (Fsp3) is 0.571. The van der Waals surface area contributed by atoms with E-state index in [1.165, 1.54) is 0 Å². The number of rotatable bonds is 2. The number of aliphatic hydroxyl groups excluding tert-OH is 1. The van der Waals surface area contributed by atoms with E-state index >= 15 is 0 Å². The highest BCUT2D eigenvalue weighted by atomic mass is 32.2. The highest BCUT2D eigenvalue weighted by Gasteiger charge is 2.56. The summed E-state index contributed by atoms with van der Waals surface area (Å²) in [4.78, 5) is 0.306. The van der Waals surface area contributed by atoms with Crippen molar-refractivity contribution in [1.82, 2.24) is 4.31 Å². The molecule has 5 unspecified atom stereocenters. The van der Waals surface area contributed by atoms with Crippen LogP contribution in [0, 0.1) is 0 Å². The molecule has 4 bridgehead atoms. The second-order valence-corrected chi connectivity index (χ2v) is 7.71.